The van der Waals surface area contributed by atoms with Crippen LogP contribution in [0.15, 0.2) is 36.2 Å². The molecule has 1 aromatic rings. The summed E-state index contributed by atoms with van der Waals surface area (Å²) in [5.74, 6) is 0.0166. The van der Waals surface area contributed by atoms with Crippen LogP contribution in [0.2, 0.25) is 0 Å². The zero-order valence-electron chi connectivity index (χ0n) is 12.2. The Hall–Kier alpha value is -1.43. The van der Waals surface area contributed by atoms with Gasteiger partial charge in [0.1, 0.15) is 6.23 Å². The minimum Gasteiger partial charge on any atom is -0.353 e. The summed E-state index contributed by atoms with van der Waals surface area (Å²) >= 11 is 0. The van der Waals surface area contributed by atoms with Gasteiger partial charge >= 0.3 is 0 Å². The van der Waals surface area contributed by atoms with Crippen LogP contribution in [0.3, 0.4) is 0 Å². The second-order valence-electron chi connectivity index (χ2n) is 5.54. The van der Waals surface area contributed by atoms with Gasteiger partial charge in [-0.25, -0.2) is 4.39 Å². The van der Waals surface area contributed by atoms with Crippen molar-refractivity contribution in [2.24, 2.45) is 5.73 Å². The van der Waals surface area contributed by atoms with E-state index in [0.29, 0.717) is 18.3 Å². The van der Waals surface area contributed by atoms with E-state index in [2.05, 4.69) is 0 Å². The number of carbonyl (C=O) groups is 1. The number of fused-ring (bicyclic) bond motifs is 1. The van der Waals surface area contributed by atoms with Gasteiger partial charge in [-0.1, -0.05) is 18.2 Å². The van der Waals surface area contributed by atoms with Crippen molar-refractivity contribution in [3.05, 3.63) is 47.3 Å². The first-order valence-electron chi connectivity index (χ1n) is 7.25. The van der Waals surface area contributed by atoms with Crippen LogP contribution in [0.25, 0.3) is 0 Å². The number of nitrogens with zero attached hydrogens (tertiary/aromatic N) is 1. The Morgan fingerprint density at radius 3 is 2.77 bits per heavy atom. The van der Waals surface area contributed by atoms with Crippen LogP contribution in [0, 0.1) is 0 Å². The van der Waals surface area contributed by atoms with Crippen LogP contribution in [-0.4, -0.2) is 36.2 Å². The van der Waals surface area contributed by atoms with Gasteiger partial charge in [0.05, 0.1) is 12.9 Å². The predicted molar refractivity (Wildman–Crippen MR) is 84.6 cm³/mol. The molecule has 1 unspecified atom stereocenters. The molecule has 1 amide bonds. The molecule has 0 aromatic heterocycles. The SMILES string of the molecule is Cl.NCC(=CF)COC1Cc2ccccc2C(=O)N1C1CC1. The van der Waals surface area contributed by atoms with E-state index in [4.69, 9.17) is 10.5 Å². The third kappa shape index (κ3) is 3.32. The van der Waals surface area contributed by atoms with Gasteiger partial charge in [0.25, 0.3) is 5.91 Å². The second-order valence-corrected chi connectivity index (χ2v) is 5.54. The van der Waals surface area contributed by atoms with E-state index in [0.717, 1.165) is 24.0 Å². The molecule has 0 spiro atoms. The third-order valence-corrected chi connectivity index (χ3v) is 4.00. The second kappa shape index (κ2) is 7.22. The summed E-state index contributed by atoms with van der Waals surface area (Å²) in [6.45, 7) is 0.244. The van der Waals surface area contributed by atoms with E-state index in [1.807, 2.05) is 29.2 Å². The minimum atomic E-state index is -0.332. The number of halogens is 2. The van der Waals surface area contributed by atoms with Crippen LogP contribution in [-0.2, 0) is 11.2 Å². The van der Waals surface area contributed by atoms with Gasteiger partial charge < -0.3 is 15.4 Å². The zero-order chi connectivity index (χ0) is 14.8. The summed E-state index contributed by atoms with van der Waals surface area (Å²) < 4.78 is 18.4. The molecule has 0 bridgehead atoms. The maximum absolute atomic E-state index is 12.6. The molecule has 2 N–H and O–H groups in total. The molecule has 3 rings (SSSR count). The maximum atomic E-state index is 12.6. The van der Waals surface area contributed by atoms with Crippen molar-refractivity contribution in [3.8, 4) is 0 Å². The molecule has 0 saturated heterocycles. The first-order valence-corrected chi connectivity index (χ1v) is 7.25. The van der Waals surface area contributed by atoms with Gasteiger partial charge in [-0.3, -0.25) is 4.79 Å². The van der Waals surface area contributed by atoms with E-state index in [1.165, 1.54) is 0 Å². The van der Waals surface area contributed by atoms with E-state index in [9.17, 15) is 9.18 Å². The Morgan fingerprint density at radius 2 is 2.14 bits per heavy atom. The largest absolute Gasteiger partial charge is 0.353 e. The fourth-order valence-electron chi connectivity index (χ4n) is 2.69. The quantitative estimate of drug-likeness (QED) is 0.904. The average Bonchev–Trinajstić information content (AvgIpc) is 3.33. The highest BCUT2D eigenvalue weighted by Gasteiger charge is 2.41. The van der Waals surface area contributed by atoms with Crippen molar-refractivity contribution in [1.29, 1.82) is 0 Å². The summed E-state index contributed by atoms with van der Waals surface area (Å²) in [5, 5.41) is 0. The number of benzene rings is 1. The fourth-order valence-corrected chi connectivity index (χ4v) is 2.69. The molecule has 6 heteroatoms. The summed E-state index contributed by atoms with van der Waals surface area (Å²) in [7, 11) is 0. The number of nitrogens with two attached hydrogens (primary N) is 1. The first kappa shape index (κ1) is 16.9. The molecule has 1 aromatic carbocycles. The monoisotopic (exact) mass is 326 g/mol. The van der Waals surface area contributed by atoms with Crippen molar-refractivity contribution >= 4 is 18.3 Å². The lowest BCUT2D eigenvalue weighted by Crippen LogP contribution is -2.48. The maximum Gasteiger partial charge on any atom is 0.256 e. The molecule has 1 fully saturated rings. The number of hydrogen-bond acceptors (Lipinski definition) is 3. The van der Waals surface area contributed by atoms with Gasteiger partial charge in [-0.05, 0) is 30.0 Å². The molecule has 1 saturated carbocycles. The van der Waals surface area contributed by atoms with Crippen molar-refractivity contribution < 1.29 is 13.9 Å². The van der Waals surface area contributed by atoms with Gasteiger partial charge in [0.2, 0.25) is 0 Å². The number of ether oxygens (including phenoxy) is 1. The zero-order valence-corrected chi connectivity index (χ0v) is 13.0. The smallest absolute Gasteiger partial charge is 0.256 e. The van der Waals surface area contributed by atoms with Crippen molar-refractivity contribution in [1.82, 2.24) is 4.90 Å². The number of carbonyl (C=O) groups excluding carboxylic acids is 1. The summed E-state index contributed by atoms with van der Waals surface area (Å²) in [6, 6.07) is 7.86. The van der Waals surface area contributed by atoms with Crippen LogP contribution < -0.4 is 5.73 Å². The fraction of sp³-hybridized carbons (Fsp3) is 0.438. The molecule has 1 heterocycles. The molecule has 2 aliphatic rings. The highest BCUT2D eigenvalue weighted by atomic mass is 35.5. The molecule has 4 nitrogen and oxygen atoms in total. The minimum absolute atomic E-state index is 0. The summed E-state index contributed by atoms with van der Waals surface area (Å²) in [4.78, 5) is 14.4. The molecule has 22 heavy (non-hydrogen) atoms. The third-order valence-electron chi connectivity index (χ3n) is 4.00. The van der Waals surface area contributed by atoms with Crippen molar-refractivity contribution in [2.75, 3.05) is 13.2 Å². The van der Waals surface area contributed by atoms with E-state index in [1.54, 1.807) is 0 Å². The predicted octanol–water partition coefficient (Wildman–Crippen LogP) is 2.42. The molecule has 1 aliphatic heterocycles. The average molecular weight is 327 g/mol. The Kier molecular flexibility index (Phi) is 5.56. The lowest BCUT2D eigenvalue weighted by molar-refractivity contribution is -0.0447. The van der Waals surface area contributed by atoms with Crippen LogP contribution in [0.4, 0.5) is 4.39 Å². The van der Waals surface area contributed by atoms with E-state index >= 15 is 0 Å². The van der Waals surface area contributed by atoms with Crippen molar-refractivity contribution in [3.63, 3.8) is 0 Å². The number of rotatable bonds is 5. The van der Waals surface area contributed by atoms with E-state index in [-0.39, 0.29) is 43.7 Å². The molecule has 1 atom stereocenters. The molecular weight excluding hydrogens is 307 g/mol. The highest BCUT2D eigenvalue weighted by Crippen LogP contribution is 2.35. The number of amides is 1. The lowest BCUT2D eigenvalue weighted by atomic mass is 9.97. The molecule has 1 aliphatic carbocycles. The van der Waals surface area contributed by atoms with Crippen LogP contribution in [0.5, 0.6) is 0 Å². The Balaban J connectivity index is 0.00000176. The summed E-state index contributed by atoms with van der Waals surface area (Å²) in [6.07, 6.45) is 2.82. The normalized spacial score (nSPS) is 21.4. The Bertz CT molecular complexity index is 575. The van der Waals surface area contributed by atoms with Crippen LogP contribution in [0.1, 0.15) is 28.8 Å². The van der Waals surface area contributed by atoms with Gasteiger partial charge in [-0.2, -0.15) is 0 Å². The topological polar surface area (TPSA) is 55.6 Å². The standard InChI is InChI=1S/C16H19FN2O2.ClH/c17-8-11(9-18)10-21-15-7-12-3-1-2-4-14(12)16(20)19(15)13-5-6-13;/h1-4,8,13,15H,5-7,9-10,18H2;1H. The number of hydrogen-bond donors (Lipinski definition) is 1. The van der Waals surface area contributed by atoms with Gasteiger partial charge in [0, 0.05) is 24.6 Å². The highest BCUT2D eigenvalue weighted by molar-refractivity contribution is 5.97. The van der Waals surface area contributed by atoms with Crippen molar-refractivity contribution in [2.45, 2.75) is 31.5 Å². The Morgan fingerprint density at radius 1 is 1.41 bits per heavy atom. The molecule has 0 radical (unpaired) electrons. The van der Waals surface area contributed by atoms with Gasteiger partial charge in [0.15, 0.2) is 0 Å². The molecular formula is C16H20ClFN2O2. The van der Waals surface area contributed by atoms with E-state index < -0.39 is 0 Å². The first-order chi connectivity index (χ1) is 10.2. The summed E-state index contributed by atoms with van der Waals surface area (Å²) in [5.41, 5.74) is 7.58. The van der Waals surface area contributed by atoms with Gasteiger partial charge in [-0.15, -0.1) is 12.4 Å². The molecule has 120 valence electrons. The Labute approximate surface area is 135 Å². The van der Waals surface area contributed by atoms with Crippen LogP contribution >= 0.6 is 12.4 Å². The lowest BCUT2D eigenvalue weighted by Gasteiger charge is -2.36.